The molecule has 2 rings (SSSR count). The fraction of sp³-hybridized carbons (Fsp3) is 0.176. The van der Waals surface area contributed by atoms with Gasteiger partial charge >= 0.3 is 0 Å². The molecule has 2 aromatic rings. The summed E-state index contributed by atoms with van der Waals surface area (Å²) < 4.78 is 0. The van der Waals surface area contributed by atoms with Gasteiger partial charge in [-0.25, -0.2) is 9.59 Å². The molecule has 0 amide bonds. The SMILES string of the molecule is CC(C)(c1ccccc1N=C=O)c1ccccc1N=C=O. The number of benzene rings is 2. The molecule has 21 heavy (non-hydrogen) atoms. The van der Waals surface area contributed by atoms with Gasteiger partial charge in [0.25, 0.3) is 0 Å². The molecule has 0 atom stereocenters. The maximum atomic E-state index is 10.6. The molecule has 0 bridgehead atoms. The van der Waals surface area contributed by atoms with Gasteiger partial charge in [-0.1, -0.05) is 50.2 Å². The van der Waals surface area contributed by atoms with Crippen molar-refractivity contribution in [2.75, 3.05) is 0 Å². The van der Waals surface area contributed by atoms with Crippen LogP contribution in [0.4, 0.5) is 11.4 Å². The number of para-hydroxylation sites is 2. The number of hydrogen-bond acceptors (Lipinski definition) is 4. The van der Waals surface area contributed by atoms with Gasteiger partial charge in [-0.2, -0.15) is 9.98 Å². The first kappa shape index (κ1) is 14.6. The largest absolute Gasteiger partial charge is 0.240 e. The predicted octanol–water partition coefficient (Wildman–Crippen LogP) is 3.95. The van der Waals surface area contributed by atoms with Gasteiger partial charge in [0.15, 0.2) is 0 Å². The van der Waals surface area contributed by atoms with Crippen LogP contribution >= 0.6 is 0 Å². The Kier molecular flexibility index (Phi) is 4.24. The van der Waals surface area contributed by atoms with Crippen LogP contribution in [0.3, 0.4) is 0 Å². The van der Waals surface area contributed by atoms with Crippen molar-refractivity contribution in [2.24, 2.45) is 9.98 Å². The van der Waals surface area contributed by atoms with Crippen LogP contribution in [0.25, 0.3) is 0 Å². The number of hydrogen-bond donors (Lipinski definition) is 0. The lowest BCUT2D eigenvalue weighted by Gasteiger charge is -2.28. The summed E-state index contributed by atoms with van der Waals surface area (Å²) in [5, 5.41) is 0. The summed E-state index contributed by atoms with van der Waals surface area (Å²) in [4.78, 5) is 28.7. The van der Waals surface area contributed by atoms with Crippen LogP contribution in [-0.2, 0) is 15.0 Å². The Labute approximate surface area is 122 Å². The van der Waals surface area contributed by atoms with E-state index in [1.165, 1.54) is 0 Å². The zero-order valence-corrected chi connectivity index (χ0v) is 11.8. The first-order valence-corrected chi connectivity index (χ1v) is 6.46. The highest BCUT2D eigenvalue weighted by atomic mass is 16.1. The van der Waals surface area contributed by atoms with Crippen LogP contribution in [0.2, 0.25) is 0 Å². The molecule has 104 valence electrons. The summed E-state index contributed by atoms with van der Waals surface area (Å²) in [6.45, 7) is 3.98. The van der Waals surface area contributed by atoms with Crippen molar-refractivity contribution in [3.05, 3.63) is 59.7 Å². The number of isocyanates is 2. The molecule has 0 N–H and O–H groups in total. The quantitative estimate of drug-likeness (QED) is 0.628. The summed E-state index contributed by atoms with van der Waals surface area (Å²) in [6.07, 6.45) is 3.15. The standard InChI is InChI=1S/C17H14N2O2/c1-17(2,13-7-3-5-9-15(13)18-11-20)14-8-4-6-10-16(14)19-12-21/h3-10H,1-2H3. The van der Waals surface area contributed by atoms with E-state index in [1.54, 1.807) is 24.3 Å². The van der Waals surface area contributed by atoms with Crippen molar-refractivity contribution in [1.82, 2.24) is 0 Å². The second-order valence-electron chi connectivity index (χ2n) is 5.07. The Balaban J connectivity index is 2.68. The molecule has 0 fully saturated rings. The zero-order chi connectivity index (χ0) is 15.3. The van der Waals surface area contributed by atoms with Crippen molar-refractivity contribution < 1.29 is 9.59 Å². The number of nitrogens with zero attached hydrogens (tertiary/aromatic N) is 2. The van der Waals surface area contributed by atoms with Crippen LogP contribution < -0.4 is 0 Å². The monoisotopic (exact) mass is 278 g/mol. The average Bonchev–Trinajstić information content (AvgIpc) is 2.49. The lowest BCUT2D eigenvalue weighted by molar-refractivity contribution is 0.564. The van der Waals surface area contributed by atoms with E-state index in [9.17, 15) is 9.59 Å². The van der Waals surface area contributed by atoms with Crippen molar-refractivity contribution in [2.45, 2.75) is 19.3 Å². The molecule has 0 aromatic heterocycles. The zero-order valence-electron chi connectivity index (χ0n) is 11.8. The lowest BCUT2D eigenvalue weighted by Crippen LogP contribution is -2.19. The second kappa shape index (κ2) is 6.10. The maximum Gasteiger partial charge on any atom is 0.240 e. The minimum atomic E-state index is -0.478. The summed E-state index contributed by atoms with van der Waals surface area (Å²) in [5.74, 6) is 0. The summed E-state index contributed by atoms with van der Waals surface area (Å²) >= 11 is 0. The van der Waals surface area contributed by atoms with E-state index in [1.807, 2.05) is 50.2 Å². The first-order valence-electron chi connectivity index (χ1n) is 6.46. The third kappa shape index (κ3) is 2.87. The van der Waals surface area contributed by atoms with Gasteiger partial charge in [-0.05, 0) is 23.3 Å². The van der Waals surface area contributed by atoms with Gasteiger partial charge in [0.05, 0.1) is 11.4 Å². The Morgan fingerprint density at radius 3 is 1.52 bits per heavy atom. The first-order chi connectivity index (χ1) is 10.1. The lowest BCUT2D eigenvalue weighted by atomic mass is 9.76. The average molecular weight is 278 g/mol. The van der Waals surface area contributed by atoms with Gasteiger partial charge in [0.1, 0.15) is 0 Å². The van der Waals surface area contributed by atoms with Gasteiger partial charge in [-0.15, -0.1) is 0 Å². The van der Waals surface area contributed by atoms with Crippen LogP contribution in [-0.4, -0.2) is 12.2 Å². The highest BCUT2D eigenvalue weighted by Gasteiger charge is 2.28. The second-order valence-corrected chi connectivity index (χ2v) is 5.07. The molecule has 0 aliphatic carbocycles. The molecule has 0 aliphatic rings. The van der Waals surface area contributed by atoms with Gasteiger partial charge in [0, 0.05) is 5.41 Å². The van der Waals surface area contributed by atoms with E-state index in [0.29, 0.717) is 11.4 Å². The summed E-state index contributed by atoms with van der Waals surface area (Å²) in [6, 6.07) is 14.7. The predicted molar refractivity (Wildman–Crippen MR) is 80.6 cm³/mol. The van der Waals surface area contributed by atoms with Crippen LogP contribution in [0.15, 0.2) is 58.5 Å². The van der Waals surface area contributed by atoms with Crippen LogP contribution in [0, 0.1) is 0 Å². The van der Waals surface area contributed by atoms with Crippen molar-refractivity contribution in [3.63, 3.8) is 0 Å². The Morgan fingerprint density at radius 2 is 1.14 bits per heavy atom. The minimum absolute atomic E-state index is 0.478. The van der Waals surface area contributed by atoms with Gasteiger partial charge < -0.3 is 0 Å². The maximum absolute atomic E-state index is 10.6. The molecule has 2 aromatic carbocycles. The van der Waals surface area contributed by atoms with E-state index in [4.69, 9.17) is 0 Å². The molecular formula is C17H14N2O2. The van der Waals surface area contributed by atoms with E-state index in [2.05, 4.69) is 9.98 Å². The molecule has 0 saturated heterocycles. The van der Waals surface area contributed by atoms with Crippen molar-refractivity contribution in [3.8, 4) is 0 Å². The highest BCUT2D eigenvalue weighted by Crippen LogP contribution is 2.40. The van der Waals surface area contributed by atoms with E-state index < -0.39 is 5.41 Å². The molecule has 0 aliphatic heterocycles. The van der Waals surface area contributed by atoms with E-state index >= 15 is 0 Å². The third-order valence-electron chi connectivity index (χ3n) is 3.49. The minimum Gasteiger partial charge on any atom is -0.211 e. The Hall–Kier alpha value is -2.80. The fourth-order valence-corrected chi connectivity index (χ4v) is 2.44. The molecule has 0 heterocycles. The normalized spacial score (nSPS) is 10.4. The van der Waals surface area contributed by atoms with Gasteiger partial charge in [-0.3, -0.25) is 0 Å². The van der Waals surface area contributed by atoms with Crippen LogP contribution in [0.1, 0.15) is 25.0 Å². The molecule has 0 spiro atoms. The molecular weight excluding hydrogens is 264 g/mol. The molecule has 4 nitrogen and oxygen atoms in total. The smallest absolute Gasteiger partial charge is 0.211 e. The number of aliphatic imine (C=N–C) groups is 2. The molecule has 4 heteroatoms. The van der Waals surface area contributed by atoms with Crippen LogP contribution in [0.5, 0.6) is 0 Å². The van der Waals surface area contributed by atoms with E-state index in [0.717, 1.165) is 11.1 Å². The Morgan fingerprint density at radius 1 is 0.762 bits per heavy atom. The summed E-state index contributed by atoms with van der Waals surface area (Å²) in [5.41, 5.74) is 2.36. The molecule has 0 radical (unpaired) electrons. The fourth-order valence-electron chi connectivity index (χ4n) is 2.44. The summed E-state index contributed by atoms with van der Waals surface area (Å²) in [7, 11) is 0. The topological polar surface area (TPSA) is 58.9 Å². The third-order valence-corrected chi connectivity index (χ3v) is 3.49. The number of rotatable bonds is 4. The van der Waals surface area contributed by atoms with Gasteiger partial charge in [0.2, 0.25) is 12.2 Å². The van der Waals surface area contributed by atoms with E-state index in [-0.39, 0.29) is 0 Å². The van der Waals surface area contributed by atoms with Crippen molar-refractivity contribution >= 4 is 23.5 Å². The molecule has 0 saturated carbocycles. The van der Waals surface area contributed by atoms with Crippen molar-refractivity contribution in [1.29, 1.82) is 0 Å². The highest BCUT2D eigenvalue weighted by molar-refractivity contribution is 5.63. The molecule has 0 unspecified atom stereocenters. The number of carbonyl (C=O) groups excluding carboxylic acids is 2. The Bertz CT molecular complexity index is 689.